The van der Waals surface area contributed by atoms with Crippen molar-refractivity contribution < 1.29 is 24.2 Å². The number of carbonyl (C=O) groups excluding carboxylic acids is 1. The molecule has 5 aromatic rings. The van der Waals surface area contributed by atoms with Crippen molar-refractivity contribution >= 4 is 22.8 Å². The number of rotatable bonds is 7. The second-order valence-corrected chi connectivity index (χ2v) is 11.0. The first-order valence-corrected chi connectivity index (χ1v) is 13.9. The molecule has 42 heavy (non-hydrogen) atoms. The Labute approximate surface area is 242 Å². The summed E-state index contributed by atoms with van der Waals surface area (Å²) in [5.41, 5.74) is 4.64. The smallest absolute Gasteiger partial charge is 0.310 e. The quantitative estimate of drug-likeness (QED) is 0.218. The largest absolute Gasteiger partial charge is 0.507 e. The van der Waals surface area contributed by atoms with Gasteiger partial charge in [0.05, 0.1) is 23.5 Å². The van der Waals surface area contributed by atoms with Crippen LogP contribution in [0.4, 0.5) is 4.39 Å². The van der Waals surface area contributed by atoms with Crippen molar-refractivity contribution in [3.05, 3.63) is 108 Å². The summed E-state index contributed by atoms with van der Waals surface area (Å²) in [7, 11) is 0. The fraction of sp³-hybridized carbons (Fsp3) is 0.206. The Kier molecular flexibility index (Phi) is 7.20. The van der Waals surface area contributed by atoms with Crippen LogP contribution in [-0.4, -0.2) is 50.0 Å². The predicted octanol–water partition coefficient (Wildman–Crippen LogP) is 6.22. The third-order valence-corrected chi connectivity index (χ3v) is 8.36. The zero-order chi connectivity index (χ0) is 29.3. The number of amides is 1. The number of nitrogens with one attached hydrogen (secondary N) is 1. The number of aromatic amines is 1. The van der Waals surface area contributed by atoms with Gasteiger partial charge in [0.2, 0.25) is 5.91 Å². The van der Waals surface area contributed by atoms with Crippen molar-refractivity contribution in [1.82, 2.24) is 14.9 Å². The van der Waals surface area contributed by atoms with E-state index in [0.717, 1.165) is 38.9 Å². The number of piperidine rings is 1. The highest BCUT2D eigenvalue weighted by Crippen LogP contribution is 2.37. The van der Waals surface area contributed by atoms with Gasteiger partial charge in [-0.1, -0.05) is 42.5 Å². The lowest BCUT2D eigenvalue weighted by molar-refractivity contribution is -0.154. The second kappa shape index (κ2) is 11.1. The number of aliphatic carboxylic acids is 1. The molecule has 7 nitrogen and oxygen atoms in total. The molecule has 8 heteroatoms. The molecule has 3 N–H and O–H groups in total. The third-order valence-electron chi connectivity index (χ3n) is 8.36. The number of pyridine rings is 1. The molecule has 212 valence electrons. The molecule has 0 saturated carbocycles. The standard InChI is InChI=1S/C34H30FN3O4/c35-26-9-5-22(6-10-26)20-34(33(41)42)12-15-38(16-13-34)32(40)19-24-8-7-23(27-3-1-2-4-31(27)39)17-28(24)29-18-25-11-14-36-21-30(25)37-29/h1-11,14,17-18,21,37,39H,12-13,15-16,19-20H2,(H,41,42). The van der Waals surface area contributed by atoms with Crippen LogP contribution in [0.2, 0.25) is 0 Å². The van der Waals surface area contributed by atoms with Crippen molar-refractivity contribution in [3.8, 4) is 28.1 Å². The van der Waals surface area contributed by atoms with Gasteiger partial charge in [0.25, 0.3) is 0 Å². The third kappa shape index (κ3) is 5.35. The van der Waals surface area contributed by atoms with Crippen LogP contribution in [0, 0.1) is 11.2 Å². The number of phenols is 1. The van der Waals surface area contributed by atoms with Crippen LogP contribution in [0.3, 0.4) is 0 Å². The van der Waals surface area contributed by atoms with E-state index in [1.807, 2.05) is 42.5 Å². The minimum absolute atomic E-state index is 0.0786. The lowest BCUT2D eigenvalue weighted by atomic mass is 9.73. The summed E-state index contributed by atoms with van der Waals surface area (Å²) < 4.78 is 13.4. The maximum atomic E-state index is 13.6. The van der Waals surface area contributed by atoms with Gasteiger partial charge in [0.15, 0.2) is 0 Å². The van der Waals surface area contributed by atoms with E-state index in [4.69, 9.17) is 0 Å². The number of phenolic OH excluding ortho intramolecular Hbond substituents is 1. The first-order chi connectivity index (χ1) is 20.3. The number of halogens is 1. The lowest BCUT2D eigenvalue weighted by Crippen LogP contribution is -2.48. The molecule has 0 bridgehead atoms. The molecule has 3 aromatic carbocycles. The van der Waals surface area contributed by atoms with E-state index in [2.05, 4.69) is 9.97 Å². The van der Waals surface area contributed by atoms with Gasteiger partial charge in [-0.05, 0) is 72.4 Å². The van der Waals surface area contributed by atoms with Crippen LogP contribution in [0.5, 0.6) is 5.75 Å². The molecule has 1 saturated heterocycles. The van der Waals surface area contributed by atoms with Crippen LogP contribution in [0.1, 0.15) is 24.0 Å². The van der Waals surface area contributed by atoms with E-state index in [9.17, 15) is 24.2 Å². The number of carbonyl (C=O) groups is 2. The number of aromatic hydroxyl groups is 1. The summed E-state index contributed by atoms with van der Waals surface area (Å²) in [6.07, 6.45) is 4.55. The fourth-order valence-electron chi connectivity index (χ4n) is 5.90. The first-order valence-electron chi connectivity index (χ1n) is 13.9. The van der Waals surface area contributed by atoms with Crippen LogP contribution in [-0.2, 0) is 22.4 Å². The van der Waals surface area contributed by atoms with Crippen molar-refractivity contribution in [3.63, 3.8) is 0 Å². The molecule has 1 aliphatic rings. The molecule has 0 unspecified atom stereocenters. The monoisotopic (exact) mass is 563 g/mol. The van der Waals surface area contributed by atoms with Crippen LogP contribution < -0.4 is 0 Å². The molecule has 1 aliphatic heterocycles. The summed E-state index contributed by atoms with van der Waals surface area (Å²) in [6.45, 7) is 0.658. The minimum Gasteiger partial charge on any atom is -0.507 e. The summed E-state index contributed by atoms with van der Waals surface area (Å²) in [5, 5.41) is 21.6. The number of benzene rings is 3. The molecular weight excluding hydrogens is 533 g/mol. The molecular formula is C34H30FN3O4. The number of para-hydroxylation sites is 1. The summed E-state index contributed by atoms with van der Waals surface area (Å²) in [6, 6.07) is 22.8. The molecule has 1 fully saturated rings. The van der Waals surface area contributed by atoms with E-state index >= 15 is 0 Å². The SMILES string of the molecule is O=C(Cc1ccc(-c2ccccc2O)cc1-c1cc2ccncc2[nH]1)N1CCC(Cc2ccc(F)cc2)(C(=O)O)CC1. The van der Waals surface area contributed by atoms with Gasteiger partial charge in [0, 0.05) is 41.5 Å². The number of carboxylic acid groups (broad SMARTS) is 1. The van der Waals surface area contributed by atoms with Crippen LogP contribution in [0.25, 0.3) is 33.3 Å². The summed E-state index contributed by atoms with van der Waals surface area (Å²) >= 11 is 0. The van der Waals surface area contributed by atoms with Gasteiger partial charge < -0.3 is 20.1 Å². The van der Waals surface area contributed by atoms with Gasteiger partial charge >= 0.3 is 5.97 Å². The highest BCUT2D eigenvalue weighted by molar-refractivity contribution is 5.89. The molecule has 0 aliphatic carbocycles. The summed E-state index contributed by atoms with van der Waals surface area (Å²) in [5.74, 6) is -1.16. The molecule has 6 rings (SSSR count). The average molecular weight is 564 g/mol. The van der Waals surface area contributed by atoms with Gasteiger partial charge in [-0.15, -0.1) is 0 Å². The van der Waals surface area contributed by atoms with E-state index in [1.54, 1.807) is 41.6 Å². The second-order valence-electron chi connectivity index (χ2n) is 11.0. The number of hydrogen-bond donors (Lipinski definition) is 3. The van der Waals surface area contributed by atoms with Crippen molar-refractivity contribution in [2.45, 2.75) is 25.7 Å². The summed E-state index contributed by atoms with van der Waals surface area (Å²) in [4.78, 5) is 35.3. The van der Waals surface area contributed by atoms with E-state index in [0.29, 0.717) is 31.5 Å². The van der Waals surface area contributed by atoms with Gasteiger partial charge in [-0.3, -0.25) is 14.6 Å². The van der Waals surface area contributed by atoms with Gasteiger partial charge in [-0.25, -0.2) is 4.39 Å². The zero-order valence-electron chi connectivity index (χ0n) is 22.9. The Morgan fingerprint density at radius 3 is 2.43 bits per heavy atom. The Bertz CT molecular complexity index is 1740. The normalized spacial score (nSPS) is 14.6. The molecule has 0 radical (unpaired) electrons. The zero-order valence-corrected chi connectivity index (χ0v) is 22.9. The number of carboxylic acids is 1. The average Bonchev–Trinajstić information content (AvgIpc) is 3.43. The van der Waals surface area contributed by atoms with Crippen LogP contribution >= 0.6 is 0 Å². The fourth-order valence-corrected chi connectivity index (χ4v) is 5.90. The Morgan fingerprint density at radius 1 is 0.952 bits per heavy atom. The van der Waals surface area contributed by atoms with Crippen molar-refractivity contribution in [1.29, 1.82) is 0 Å². The number of H-pyrrole nitrogens is 1. The number of likely N-dealkylation sites (tertiary alicyclic amines) is 1. The lowest BCUT2D eigenvalue weighted by Gasteiger charge is -2.39. The highest BCUT2D eigenvalue weighted by Gasteiger charge is 2.42. The van der Waals surface area contributed by atoms with E-state index < -0.39 is 11.4 Å². The minimum atomic E-state index is -1.00. The van der Waals surface area contributed by atoms with Gasteiger partial charge in [0.1, 0.15) is 11.6 Å². The van der Waals surface area contributed by atoms with E-state index in [1.165, 1.54) is 12.1 Å². The van der Waals surface area contributed by atoms with Crippen molar-refractivity contribution in [2.75, 3.05) is 13.1 Å². The Balaban J connectivity index is 1.25. The number of fused-ring (bicyclic) bond motifs is 1. The molecule has 1 amide bonds. The molecule has 3 heterocycles. The Hall–Kier alpha value is -4.98. The number of hydrogen-bond acceptors (Lipinski definition) is 4. The van der Waals surface area contributed by atoms with Crippen molar-refractivity contribution in [2.24, 2.45) is 5.41 Å². The number of aromatic nitrogens is 2. The highest BCUT2D eigenvalue weighted by atomic mass is 19.1. The maximum absolute atomic E-state index is 13.6. The Morgan fingerprint density at radius 2 is 1.71 bits per heavy atom. The molecule has 0 spiro atoms. The van der Waals surface area contributed by atoms with Crippen LogP contribution in [0.15, 0.2) is 91.3 Å². The predicted molar refractivity (Wildman–Crippen MR) is 158 cm³/mol. The van der Waals surface area contributed by atoms with E-state index in [-0.39, 0.29) is 30.3 Å². The first kappa shape index (κ1) is 27.2. The van der Waals surface area contributed by atoms with Gasteiger partial charge in [-0.2, -0.15) is 0 Å². The molecule has 0 atom stereocenters. The topological polar surface area (TPSA) is 107 Å². The molecule has 2 aromatic heterocycles. The number of nitrogens with zero attached hydrogens (tertiary/aromatic N) is 2. The maximum Gasteiger partial charge on any atom is 0.310 e.